The van der Waals surface area contributed by atoms with Gasteiger partial charge in [0.2, 0.25) is 0 Å². The molecule has 0 heterocycles. The Hall–Kier alpha value is -0.918. The average molecular weight is 475 g/mol. The van der Waals surface area contributed by atoms with Crippen molar-refractivity contribution in [3.8, 4) is 0 Å². The molecule has 0 spiro atoms. The molecule has 0 aliphatic carbocycles. The van der Waals surface area contributed by atoms with Crippen LogP contribution in [0.3, 0.4) is 0 Å². The Bertz CT molecular complexity index is 505. The van der Waals surface area contributed by atoms with E-state index in [1.807, 2.05) is 83.1 Å². The summed E-state index contributed by atoms with van der Waals surface area (Å²) in [6.07, 6.45) is 2.67. The molecule has 0 aromatic heterocycles. The van der Waals surface area contributed by atoms with Crippen molar-refractivity contribution >= 4 is 11.6 Å². The fraction of sp³-hybridized carbons (Fsp3) is 0.727. The van der Waals surface area contributed by atoms with Crippen LogP contribution in [0, 0.1) is 21.7 Å². The number of hydrogen-bond donors (Lipinski definition) is 2. The molecule has 2 N–H and O–H groups in total. The van der Waals surface area contributed by atoms with Crippen molar-refractivity contribution in [1.29, 1.82) is 0 Å². The zero-order valence-corrected chi connectivity index (χ0v) is 20.7. The summed E-state index contributed by atoms with van der Waals surface area (Å²) in [5.41, 5.74) is -1.53. The minimum atomic E-state index is -0.417. The fourth-order valence-corrected chi connectivity index (χ4v) is 1.11. The fourth-order valence-electron chi connectivity index (χ4n) is 1.11. The number of carbonyl (C=O) groups is 2. The van der Waals surface area contributed by atoms with E-state index in [4.69, 9.17) is 0 Å². The predicted molar refractivity (Wildman–Crippen MR) is 109 cm³/mol. The van der Waals surface area contributed by atoms with Crippen LogP contribution in [0.1, 0.15) is 83.1 Å². The topological polar surface area (TPSA) is 74.6 Å². The van der Waals surface area contributed by atoms with E-state index in [9.17, 15) is 19.8 Å². The van der Waals surface area contributed by atoms with Gasteiger partial charge in [0.1, 0.15) is 11.5 Å². The molecule has 0 saturated carbocycles. The summed E-state index contributed by atoms with van der Waals surface area (Å²) in [6.45, 7) is 22.2. The number of allylic oxidation sites excluding steroid dienone is 4. The van der Waals surface area contributed by atoms with E-state index in [2.05, 4.69) is 0 Å². The molecule has 0 aliphatic rings. The molecule has 0 unspecified atom stereocenters. The van der Waals surface area contributed by atoms with Crippen molar-refractivity contribution in [2.24, 2.45) is 21.7 Å². The van der Waals surface area contributed by atoms with Gasteiger partial charge in [-0.15, -0.1) is 0 Å². The van der Waals surface area contributed by atoms with Crippen LogP contribution in [0.2, 0.25) is 0 Å². The first-order valence-corrected chi connectivity index (χ1v) is 9.01. The quantitative estimate of drug-likeness (QED) is 0.285. The second-order valence-corrected chi connectivity index (χ2v) is 10.8. The van der Waals surface area contributed by atoms with Crippen molar-refractivity contribution in [3.05, 3.63) is 23.7 Å². The molecule has 0 aromatic rings. The van der Waals surface area contributed by atoms with Gasteiger partial charge in [-0.2, -0.15) is 0 Å². The van der Waals surface area contributed by atoms with Gasteiger partial charge in [-0.3, -0.25) is 9.59 Å². The monoisotopic (exact) mass is 474 g/mol. The Balaban J connectivity index is -0.000000411. The van der Waals surface area contributed by atoms with Gasteiger partial charge in [0, 0.05) is 54.2 Å². The van der Waals surface area contributed by atoms with Crippen molar-refractivity contribution in [1.82, 2.24) is 0 Å². The van der Waals surface area contributed by atoms with Crippen molar-refractivity contribution in [2.45, 2.75) is 83.1 Å². The Morgan fingerprint density at radius 1 is 0.519 bits per heavy atom. The number of aliphatic hydroxyl groups excluding tert-OH is 2. The first-order valence-electron chi connectivity index (χ1n) is 9.01. The molecular weight excluding hydrogens is 435 g/mol. The van der Waals surface area contributed by atoms with Crippen LogP contribution < -0.4 is 0 Å². The van der Waals surface area contributed by atoms with Crippen LogP contribution in [-0.4, -0.2) is 21.8 Å². The molecule has 0 fully saturated rings. The van der Waals surface area contributed by atoms with Gasteiger partial charge >= 0.3 is 0 Å². The maximum atomic E-state index is 11.5. The molecule has 0 radical (unpaired) electrons. The zero-order chi connectivity index (χ0) is 21.7. The molecule has 0 bridgehead atoms. The van der Waals surface area contributed by atoms with Crippen molar-refractivity contribution in [2.75, 3.05) is 0 Å². The molecule has 0 rings (SSSR count). The molecule has 0 amide bonds. The van der Waals surface area contributed by atoms with Crippen molar-refractivity contribution in [3.63, 3.8) is 0 Å². The zero-order valence-electron chi connectivity index (χ0n) is 19.2. The average Bonchev–Trinajstić information content (AvgIpc) is 2.34. The van der Waals surface area contributed by atoms with Gasteiger partial charge < -0.3 is 10.2 Å². The third kappa shape index (κ3) is 13.8. The molecule has 162 valence electrons. The Morgan fingerprint density at radius 3 is 0.815 bits per heavy atom. The molecular formula is C22H40O4Pd. The normalized spacial score (nSPS) is 13.9. The summed E-state index contributed by atoms with van der Waals surface area (Å²) < 4.78 is 0. The Kier molecular flexibility index (Phi) is 12.1. The summed E-state index contributed by atoms with van der Waals surface area (Å²) in [4.78, 5) is 23.0. The smallest absolute Gasteiger partial charge is 0.164 e. The van der Waals surface area contributed by atoms with E-state index < -0.39 is 10.8 Å². The van der Waals surface area contributed by atoms with Gasteiger partial charge in [0.15, 0.2) is 11.6 Å². The number of rotatable bonds is 2. The standard InChI is InChI=1S/2C11H20O2.Pd/c2*1-10(2,3)8(12)7-9(13)11(4,5)6;/h2*7,12H,1-6H3;/b2*8-7-;. The molecule has 0 atom stereocenters. The van der Waals surface area contributed by atoms with E-state index in [0.717, 1.165) is 0 Å². The van der Waals surface area contributed by atoms with Crippen molar-refractivity contribution < 1.29 is 40.2 Å². The Labute approximate surface area is 180 Å². The number of aliphatic hydroxyl groups is 2. The largest absolute Gasteiger partial charge is 0.512 e. The van der Waals surface area contributed by atoms with Gasteiger partial charge in [0.05, 0.1) is 0 Å². The van der Waals surface area contributed by atoms with Gasteiger partial charge in [-0.05, 0) is 0 Å². The van der Waals surface area contributed by atoms with Gasteiger partial charge in [0.25, 0.3) is 0 Å². The SMILES string of the molecule is CC(C)(C)C(=O)/C=C(\O)C(C)(C)C.CC(C)(C)C(=O)/C=C(\O)C(C)(C)C.[Pd]. The van der Waals surface area contributed by atoms with Gasteiger partial charge in [-0.1, -0.05) is 83.1 Å². The van der Waals surface area contributed by atoms with E-state index in [1.54, 1.807) is 0 Å². The van der Waals surface area contributed by atoms with Crippen LogP contribution in [-0.2, 0) is 30.0 Å². The number of carbonyl (C=O) groups excluding carboxylic acids is 2. The van der Waals surface area contributed by atoms with Crippen LogP contribution >= 0.6 is 0 Å². The predicted octanol–water partition coefficient (Wildman–Crippen LogP) is 6.18. The number of ketones is 2. The van der Waals surface area contributed by atoms with E-state index in [1.165, 1.54) is 12.2 Å². The second kappa shape index (κ2) is 10.6. The van der Waals surface area contributed by atoms with Crippen LogP contribution in [0.25, 0.3) is 0 Å². The third-order valence-corrected chi connectivity index (χ3v) is 3.55. The second-order valence-electron chi connectivity index (χ2n) is 10.8. The molecule has 27 heavy (non-hydrogen) atoms. The summed E-state index contributed by atoms with van der Waals surface area (Å²) in [5.74, 6) is 0.208. The maximum absolute atomic E-state index is 11.5. The van der Waals surface area contributed by atoms with E-state index in [-0.39, 0.29) is 54.3 Å². The molecule has 5 heteroatoms. The van der Waals surface area contributed by atoms with Crippen LogP contribution in [0.4, 0.5) is 0 Å². The first kappa shape index (κ1) is 30.8. The summed E-state index contributed by atoms with van der Waals surface area (Å²) >= 11 is 0. The Morgan fingerprint density at radius 2 is 0.704 bits per heavy atom. The molecule has 4 nitrogen and oxygen atoms in total. The summed E-state index contributed by atoms with van der Waals surface area (Å²) in [6, 6.07) is 0. The minimum Gasteiger partial charge on any atom is -0.512 e. The van der Waals surface area contributed by atoms with Crippen LogP contribution in [0.15, 0.2) is 23.7 Å². The summed E-state index contributed by atoms with van der Waals surface area (Å²) in [7, 11) is 0. The number of hydrogen-bond acceptors (Lipinski definition) is 4. The third-order valence-electron chi connectivity index (χ3n) is 3.55. The molecule has 0 aromatic carbocycles. The maximum Gasteiger partial charge on any atom is 0.164 e. The minimum absolute atomic E-state index is 0. The van der Waals surface area contributed by atoms with Gasteiger partial charge in [-0.25, -0.2) is 0 Å². The first-order chi connectivity index (χ1) is 11.1. The molecule has 0 saturated heterocycles. The molecule has 0 aliphatic heterocycles. The summed E-state index contributed by atoms with van der Waals surface area (Å²) in [5, 5.41) is 19.1. The van der Waals surface area contributed by atoms with E-state index >= 15 is 0 Å². The van der Waals surface area contributed by atoms with E-state index in [0.29, 0.717) is 0 Å². The van der Waals surface area contributed by atoms with Crippen LogP contribution in [0.5, 0.6) is 0 Å².